The van der Waals surface area contributed by atoms with Gasteiger partial charge in [0.25, 0.3) is 5.89 Å². The molecule has 4 nitrogen and oxygen atoms in total. The van der Waals surface area contributed by atoms with E-state index in [9.17, 15) is 5.11 Å². The van der Waals surface area contributed by atoms with Gasteiger partial charge in [-0.05, 0) is 35.7 Å². The van der Waals surface area contributed by atoms with Crippen LogP contribution < -0.4 is 0 Å². The maximum atomic E-state index is 9.19. The molecule has 1 aromatic carbocycles. The van der Waals surface area contributed by atoms with E-state index in [1.165, 1.54) is 0 Å². The van der Waals surface area contributed by atoms with Gasteiger partial charge in [0, 0.05) is 5.56 Å². The van der Waals surface area contributed by atoms with Crippen molar-refractivity contribution in [2.24, 2.45) is 0 Å². The summed E-state index contributed by atoms with van der Waals surface area (Å²) in [6.45, 7) is 0. The molecule has 0 fully saturated rings. The van der Waals surface area contributed by atoms with Crippen LogP contribution in [-0.4, -0.2) is 15.3 Å². The van der Waals surface area contributed by atoms with Crippen molar-refractivity contribution in [1.29, 1.82) is 0 Å². The molecule has 0 aliphatic heterocycles. The van der Waals surface area contributed by atoms with Crippen LogP contribution in [0.1, 0.15) is 0 Å². The van der Waals surface area contributed by atoms with Crippen molar-refractivity contribution in [3.8, 4) is 28.0 Å². The molecule has 1 N–H and O–H groups in total. The van der Waals surface area contributed by atoms with E-state index in [0.29, 0.717) is 11.8 Å². The van der Waals surface area contributed by atoms with Crippen LogP contribution >= 0.6 is 11.3 Å². The number of nitrogens with zero attached hydrogens (tertiary/aromatic N) is 2. The fourth-order valence-electron chi connectivity index (χ4n) is 1.44. The minimum Gasteiger partial charge on any atom is -0.508 e. The summed E-state index contributed by atoms with van der Waals surface area (Å²) < 4.78 is 5.56. The average Bonchev–Trinajstić information content (AvgIpc) is 3.00. The predicted molar refractivity (Wildman–Crippen MR) is 64.7 cm³/mol. The third-order valence-corrected chi connectivity index (χ3v) is 3.13. The first kappa shape index (κ1) is 10.0. The maximum Gasteiger partial charge on any atom is 0.258 e. The van der Waals surface area contributed by atoms with Crippen LogP contribution in [0.5, 0.6) is 5.75 Å². The summed E-state index contributed by atoms with van der Waals surface area (Å²) in [6, 6.07) is 10.5. The summed E-state index contributed by atoms with van der Waals surface area (Å²) in [5, 5.41) is 19.1. The van der Waals surface area contributed by atoms with E-state index in [0.717, 1.165) is 10.4 Å². The number of hydrogen-bond donors (Lipinski definition) is 1. The monoisotopic (exact) mass is 244 g/mol. The standard InChI is InChI=1S/C12H8N2O2S/c15-9-5-3-8(4-6-9)11-13-14-12(16-11)10-2-1-7-17-10/h1-7,15H. The zero-order valence-electron chi connectivity index (χ0n) is 8.70. The van der Waals surface area contributed by atoms with Gasteiger partial charge < -0.3 is 9.52 Å². The van der Waals surface area contributed by atoms with Gasteiger partial charge in [0.1, 0.15) is 5.75 Å². The summed E-state index contributed by atoms with van der Waals surface area (Å²) >= 11 is 1.55. The van der Waals surface area contributed by atoms with Crippen molar-refractivity contribution < 1.29 is 9.52 Å². The number of aromatic hydroxyl groups is 1. The molecule has 3 rings (SSSR count). The molecule has 0 amide bonds. The molecule has 17 heavy (non-hydrogen) atoms. The molecule has 2 heterocycles. The second-order valence-corrected chi connectivity index (χ2v) is 4.38. The lowest BCUT2D eigenvalue weighted by Gasteiger charge is -1.94. The normalized spacial score (nSPS) is 10.6. The van der Waals surface area contributed by atoms with E-state index >= 15 is 0 Å². The largest absolute Gasteiger partial charge is 0.508 e. The minimum atomic E-state index is 0.215. The minimum absolute atomic E-state index is 0.215. The van der Waals surface area contributed by atoms with Gasteiger partial charge in [0.15, 0.2) is 0 Å². The van der Waals surface area contributed by atoms with Gasteiger partial charge in [0.05, 0.1) is 4.88 Å². The quantitative estimate of drug-likeness (QED) is 0.752. The molecule has 0 bridgehead atoms. The second kappa shape index (κ2) is 4.03. The Hall–Kier alpha value is -2.14. The zero-order valence-corrected chi connectivity index (χ0v) is 9.52. The van der Waals surface area contributed by atoms with Crippen LogP contribution in [0.15, 0.2) is 46.2 Å². The summed E-state index contributed by atoms with van der Waals surface area (Å²) in [6.07, 6.45) is 0. The van der Waals surface area contributed by atoms with Crippen molar-refractivity contribution in [3.63, 3.8) is 0 Å². The van der Waals surface area contributed by atoms with Gasteiger partial charge in [-0.1, -0.05) is 6.07 Å². The van der Waals surface area contributed by atoms with E-state index in [1.54, 1.807) is 35.6 Å². The molecular formula is C12H8N2O2S. The Bertz CT molecular complexity index is 614. The highest BCUT2D eigenvalue weighted by Crippen LogP contribution is 2.27. The third kappa shape index (κ3) is 1.92. The van der Waals surface area contributed by atoms with Gasteiger partial charge in [-0.3, -0.25) is 0 Å². The van der Waals surface area contributed by atoms with Crippen molar-refractivity contribution in [2.75, 3.05) is 0 Å². The molecule has 0 saturated heterocycles. The number of phenols is 1. The van der Waals surface area contributed by atoms with Crippen molar-refractivity contribution in [1.82, 2.24) is 10.2 Å². The first-order chi connectivity index (χ1) is 8.33. The van der Waals surface area contributed by atoms with Crippen LogP contribution in [0.25, 0.3) is 22.2 Å². The predicted octanol–water partition coefficient (Wildman–Crippen LogP) is 3.17. The topological polar surface area (TPSA) is 59.2 Å². The smallest absolute Gasteiger partial charge is 0.258 e. The molecule has 0 atom stereocenters. The van der Waals surface area contributed by atoms with Crippen molar-refractivity contribution in [3.05, 3.63) is 41.8 Å². The SMILES string of the molecule is Oc1ccc(-c2nnc(-c3cccs3)o2)cc1. The molecular weight excluding hydrogens is 236 g/mol. The summed E-state index contributed by atoms with van der Waals surface area (Å²) in [7, 11) is 0. The van der Waals surface area contributed by atoms with Gasteiger partial charge in [-0.25, -0.2) is 0 Å². The van der Waals surface area contributed by atoms with Crippen molar-refractivity contribution in [2.45, 2.75) is 0 Å². The molecule has 0 aliphatic rings. The van der Waals surface area contributed by atoms with Gasteiger partial charge in [-0.15, -0.1) is 21.5 Å². The number of thiophene rings is 1. The molecule has 0 unspecified atom stereocenters. The molecule has 2 aromatic heterocycles. The average molecular weight is 244 g/mol. The summed E-state index contributed by atoms with van der Waals surface area (Å²) in [5.74, 6) is 1.18. The van der Waals surface area contributed by atoms with Crippen LogP contribution in [-0.2, 0) is 0 Å². The van der Waals surface area contributed by atoms with E-state index in [1.807, 2.05) is 17.5 Å². The fraction of sp³-hybridized carbons (Fsp3) is 0. The van der Waals surface area contributed by atoms with E-state index < -0.39 is 0 Å². The Morgan fingerprint density at radius 1 is 1.00 bits per heavy atom. The molecule has 5 heteroatoms. The van der Waals surface area contributed by atoms with Crippen LogP contribution in [0, 0.1) is 0 Å². The van der Waals surface area contributed by atoms with Gasteiger partial charge in [0.2, 0.25) is 5.89 Å². The van der Waals surface area contributed by atoms with E-state index in [4.69, 9.17) is 4.42 Å². The second-order valence-electron chi connectivity index (χ2n) is 3.44. The molecule has 0 aliphatic carbocycles. The Morgan fingerprint density at radius 2 is 1.76 bits per heavy atom. The fourth-order valence-corrected chi connectivity index (χ4v) is 2.09. The Morgan fingerprint density at radius 3 is 2.47 bits per heavy atom. The van der Waals surface area contributed by atoms with Gasteiger partial charge >= 0.3 is 0 Å². The molecule has 0 spiro atoms. The highest BCUT2D eigenvalue weighted by molar-refractivity contribution is 7.13. The lowest BCUT2D eigenvalue weighted by atomic mass is 10.2. The molecule has 84 valence electrons. The van der Waals surface area contributed by atoms with Crippen LogP contribution in [0.2, 0.25) is 0 Å². The summed E-state index contributed by atoms with van der Waals surface area (Å²) in [5.41, 5.74) is 0.790. The summed E-state index contributed by atoms with van der Waals surface area (Å²) in [4.78, 5) is 0.947. The number of aromatic nitrogens is 2. The number of benzene rings is 1. The lowest BCUT2D eigenvalue weighted by molar-refractivity contribution is 0.475. The van der Waals surface area contributed by atoms with Crippen LogP contribution in [0.3, 0.4) is 0 Å². The first-order valence-electron chi connectivity index (χ1n) is 5.00. The number of rotatable bonds is 2. The third-order valence-electron chi connectivity index (χ3n) is 2.27. The van der Waals surface area contributed by atoms with Crippen molar-refractivity contribution >= 4 is 11.3 Å². The number of hydrogen-bond acceptors (Lipinski definition) is 5. The number of phenolic OH excluding ortho intramolecular Hbond substituents is 1. The highest BCUT2D eigenvalue weighted by Gasteiger charge is 2.10. The Labute approximate surface area is 101 Å². The lowest BCUT2D eigenvalue weighted by Crippen LogP contribution is -1.76. The van der Waals surface area contributed by atoms with Crippen LogP contribution in [0.4, 0.5) is 0 Å². The maximum absolute atomic E-state index is 9.19. The Kier molecular flexibility index (Phi) is 2.38. The molecule has 0 saturated carbocycles. The van der Waals surface area contributed by atoms with E-state index in [-0.39, 0.29) is 5.75 Å². The zero-order chi connectivity index (χ0) is 11.7. The Balaban J connectivity index is 1.98. The molecule has 0 radical (unpaired) electrons. The molecule has 3 aromatic rings. The van der Waals surface area contributed by atoms with Gasteiger partial charge in [-0.2, -0.15) is 0 Å². The first-order valence-corrected chi connectivity index (χ1v) is 5.88. The van der Waals surface area contributed by atoms with E-state index in [2.05, 4.69) is 10.2 Å². The highest BCUT2D eigenvalue weighted by atomic mass is 32.1.